The Morgan fingerprint density at radius 1 is 1.18 bits per heavy atom. The van der Waals surface area contributed by atoms with Crippen LogP contribution in [0.4, 0.5) is 5.95 Å². The first-order valence-corrected chi connectivity index (χ1v) is 10.1. The molecule has 2 aromatic heterocycles. The summed E-state index contributed by atoms with van der Waals surface area (Å²) in [5.41, 5.74) is 3.63. The van der Waals surface area contributed by atoms with E-state index in [9.17, 15) is 4.79 Å². The number of aromatic nitrogens is 3. The number of anilines is 1. The Hall–Kier alpha value is -2.89. The lowest BCUT2D eigenvalue weighted by Crippen LogP contribution is -2.36. The quantitative estimate of drug-likeness (QED) is 0.607. The number of fused-ring (bicyclic) bond motifs is 1. The van der Waals surface area contributed by atoms with Gasteiger partial charge in [0.1, 0.15) is 5.69 Å². The van der Waals surface area contributed by atoms with Crippen molar-refractivity contribution in [3.8, 4) is 0 Å². The van der Waals surface area contributed by atoms with Crippen molar-refractivity contribution in [2.45, 2.75) is 51.5 Å². The van der Waals surface area contributed by atoms with Crippen LogP contribution < -0.4 is 10.6 Å². The van der Waals surface area contributed by atoms with E-state index in [-0.39, 0.29) is 11.9 Å². The number of aryl methyl sites for hydroxylation is 1. The van der Waals surface area contributed by atoms with Crippen molar-refractivity contribution >= 4 is 22.8 Å². The largest absolute Gasteiger partial charge is 0.361 e. The molecule has 3 aromatic rings. The average molecular weight is 377 g/mol. The van der Waals surface area contributed by atoms with Gasteiger partial charge in [0.15, 0.2) is 0 Å². The van der Waals surface area contributed by atoms with E-state index >= 15 is 0 Å². The Labute approximate surface area is 165 Å². The average Bonchev–Trinajstić information content (AvgIpc) is 3.12. The number of hydrogen-bond donors (Lipinski definition) is 3. The lowest BCUT2D eigenvalue weighted by Gasteiger charge is -2.22. The summed E-state index contributed by atoms with van der Waals surface area (Å²) >= 11 is 0. The summed E-state index contributed by atoms with van der Waals surface area (Å²) in [5, 5.41) is 7.64. The van der Waals surface area contributed by atoms with Gasteiger partial charge in [-0.05, 0) is 43.9 Å². The smallest absolute Gasteiger partial charge is 0.270 e. The van der Waals surface area contributed by atoms with E-state index < -0.39 is 0 Å². The van der Waals surface area contributed by atoms with E-state index in [2.05, 4.69) is 37.7 Å². The number of carbonyl (C=O) groups excluding carboxylic acids is 1. The van der Waals surface area contributed by atoms with Crippen LogP contribution in [0.5, 0.6) is 0 Å². The molecule has 146 valence electrons. The van der Waals surface area contributed by atoms with E-state index in [0.717, 1.165) is 30.5 Å². The Morgan fingerprint density at radius 3 is 2.86 bits per heavy atom. The first-order chi connectivity index (χ1) is 13.7. The predicted molar refractivity (Wildman–Crippen MR) is 112 cm³/mol. The van der Waals surface area contributed by atoms with Crippen LogP contribution in [-0.2, 0) is 6.42 Å². The number of H-pyrrole nitrogens is 1. The van der Waals surface area contributed by atoms with E-state index in [0.29, 0.717) is 18.2 Å². The predicted octanol–water partition coefficient (Wildman–Crippen LogP) is 3.98. The topological polar surface area (TPSA) is 82.7 Å². The summed E-state index contributed by atoms with van der Waals surface area (Å²) < 4.78 is 0. The molecule has 6 nitrogen and oxygen atoms in total. The number of nitrogens with one attached hydrogen (secondary N) is 3. The van der Waals surface area contributed by atoms with Crippen LogP contribution in [0, 0.1) is 6.92 Å². The second kappa shape index (κ2) is 8.42. The highest BCUT2D eigenvalue weighted by atomic mass is 16.1. The lowest BCUT2D eigenvalue weighted by atomic mass is 9.95. The van der Waals surface area contributed by atoms with E-state index in [4.69, 9.17) is 0 Å². The van der Waals surface area contributed by atoms with Crippen molar-refractivity contribution in [2.24, 2.45) is 0 Å². The normalized spacial score (nSPS) is 14.9. The molecule has 0 radical (unpaired) electrons. The number of para-hydroxylation sites is 1. The standard InChI is InChI=1S/C22H27N5O/c1-15-13-20(21(28)26-17-7-3-2-4-8-17)27-22(25-15)23-12-11-16-14-24-19-10-6-5-9-18(16)19/h5-6,9-10,13-14,17,24H,2-4,7-8,11-12H2,1H3,(H,26,28)(H,23,25,27). The number of nitrogens with zero attached hydrogens (tertiary/aromatic N) is 2. The molecule has 0 unspecified atom stereocenters. The highest BCUT2D eigenvalue weighted by molar-refractivity contribution is 5.92. The molecule has 0 atom stereocenters. The fourth-order valence-electron chi connectivity index (χ4n) is 3.92. The van der Waals surface area contributed by atoms with Crippen LogP contribution in [-0.4, -0.2) is 33.4 Å². The van der Waals surface area contributed by atoms with Gasteiger partial charge in [-0.2, -0.15) is 0 Å². The molecule has 1 fully saturated rings. The summed E-state index contributed by atoms with van der Waals surface area (Å²) in [6.07, 6.45) is 8.67. The third-order valence-corrected chi connectivity index (χ3v) is 5.38. The molecule has 28 heavy (non-hydrogen) atoms. The van der Waals surface area contributed by atoms with Crippen LogP contribution >= 0.6 is 0 Å². The fourth-order valence-corrected chi connectivity index (χ4v) is 3.92. The molecule has 1 aliphatic rings. The molecule has 1 saturated carbocycles. The molecule has 1 aliphatic carbocycles. The molecule has 0 saturated heterocycles. The minimum absolute atomic E-state index is 0.0999. The van der Waals surface area contributed by atoms with Gasteiger partial charge in [-0.15, -0.1) is 0 Å². The number of benzene rings is 1. The van der Waals surface area contributed by atoms with Gasteiger partial charge in [-0.25, -0.2) is 9.97 Å². The molecule has 3 N–H and O–H groups in total. The van der Waals surface area contributed by atoms with Crippen molar-refractivity contribution in [3.63, 3.8) is 0 Å². The number of amides is 1. The summed E-state index contributed by atoms with van der Waals surface area (Å²) in [6, 6.07) is 10.3. The van der Waals surface area contributed by atoms with Gasteiger partial charge in [0.05, 0.1) is 0 Å². The second-order valence-electron chi connectivity index (χ2n) is 7.56. The number of carbonyl (C=O) groups is 1. The monoisotopic (exact) mass is 377 g/mol. The molecule has 0 aliphatic heterocycles. The van der Waals surface area contributed by atoms with E-state index in [1.165, 1.54) is 30.2 Å². The number of aromatic amines is 1. The zero-order valence-electron chi connectivity index (χ0n) is 16.3. The van der Waals surface area contributed by atoms with Crippen molar-refractivity contribution in [1.82, 2.24) is 20.3 Å². The van der Waals surface area contributed by atoms with Crippen LogP contribution in [0.15, 0.2) is 36.5 Å². The minimum Gasteiger partial charge on any atom is -0.361 e. The lowest BCUT2D eigenvalue weighted by molar-refractivity contribution is 0.0922. The van der Waals surface area contributed by atoms with Crippen LogP contribution in [0.3, 0.4) is 0 Å². The summed E-state index contributed by atoms with van der Waals surface area (Å²) in [5.74, 6) is 0.408. The third kappa shape index (κ3) is 4.32. The maximum atomic E-state index is 12.6. The number of rotatable bonds is 6. The Kier molecular flexibility index (Phi) is 5.55. The fraction of sp³-hybridized carbons (Fsp3) is 0.409. The third-order valence-electron chi connectivity index (χ3n) is 5.38. The molecular weight excluding hydrogens is 350 g/mol. The highest BCUT2D eigenvalue weighted by Crippen LogP contribution is 2.19. The first-order valence-electron chi connectivity index (χ1n) is 10.1. The maximum absolute atomic E-state index is 12.6. The molecule has 6 heteroatoms. The molecule has 0 bridgehead atoms. The summed E-state index contributed by atoms with van der Waals surface area (Å²) in [6.45, 7) is 2.60. The van der Waals surface area contributed by atoms with Gasteiger partial charge in [0.2, 0.25) is 5.95 Å². The van der Waals surface area contributed by atoms with Gasteiger partial charge in [-0.1, -0.05) is 37.5 Å². The van der Waals surface area contributed by atoms with Crippen molar-refractivity contribution in [3.05, 3.63) is 53.5 Å². The molecular formula is C22H27N5O. The highest BCUT2D eigenvalue weighted by Gasteiger charge is 2.18. The van der Waals surface area contributed by atoms with Gasteiger partial charge in [0, 0.05) is 35.4 Å². The van der Waals surface area contributed by atoms with E-state index in [1.807, 2.05) is 25.3 Å². The molecule has 1 aromatic carbocycles. The maximum Gasteiger partial charge on any atom is 0.270 e. The van der Waals surface area contributed by atoms with Crippen LogP contribution in [0.2, 0.25) is 0 Å². The zero-order valence-corrected chi connectivity index (χ0v) is 16.3. The van der Waals surface area contributed by atoms with Gasteiger partial charge < -0.3 is 15.6 Å². The summed E-state index contributed by atoms with van der Waals surface area (Å²) in [4.78, 5) is 24.8. The first kappa shape index (κ1) is 18.5. The number of hydrogen-bond acceptors (Lipinski definition) is 4. The van der Waals surface area contributed by atoms with Crippen LogP contribution in [0.1, 0.15) is 53.8 Å². The Morgan fingerprint density at radius 2 is 2.00 bits per heavy atom. The van der Waals surface area contributed by atoms with Crippen molar-refractivity contribution in [1.29, 1.82) is 0 Å². The Balaban J connectivity index is 1.38. The zero-order chi connectivity index (χ0) is 19.3. The second-order valence-corrected chi connectivity index (χ2v) is 7.56. The molecule has 2 heterocycles. The van der Waals surface area contributed by atoms with Gasteiger partial charge >= 0.3 is 0 Å². The Bertz CT molecular complexity index is 958. The SMILES string of the molecule is Cc1cc(C(=O)NC2CCCCC2)nc(NCCc2c[nH]c3ccccc23)n1. The van der Waals surface area contributed by atoms with E-state index in [1.54, 1.807) is 6.07 Å². The minimum atomic E-state index is -0.0999. The summed E-state index contributed by atoms with van der Waals surface area (Å²) in [7, 11) is 0. The van der Waals surface area contributed by atoms with Gasteiger partial charge in [0.25, 0.3) is 5.91 Å². The van der Waals surface area contributed by atoms with Crippen LogP contribution in [0.25, 0.3) is 10.9 Å². The van der Waals surface area contributed by atoms with Crippen molar-refractivity contribution < 1.29 is 4.79 Å². The molecule has 4 rings (SSSR count). The molecule has 1 amide bonds. The molecule has 0 spiro atoms. The van der Waals surface area contributed by atoms with Gasteiger partial charge in [-0.3, -0.25) is 4.79 Å². The van der Waals surface area contributed by atoms with Crippen molar-refractivity contribution in [2.75, 3.05) is 11.9 Å².